The van der Waals surface area contributed by atoms with Crippen LogP contribution in [-0.2, 0) is 32.7 Å². The topological polar surface area (TPSA) is 137 Å². The van der Waals surface area contributed by atoms with Gasteiger partial charge >= 0.3 is 11.9 Å². The maximum absolute atomic E-state index is 12.5. The number of ether oxygens (including phenoxy) is 2. The molecule has 0 aliphatic heterocycles. The summed E-state index contributed by atoms with van der Waals surface area (Å²) in [5, 5.41) is 0. The van der Waals surface area contributed by atoms with Gasteiger partial charge in [0.1, 0.15) is 6.61 Å². The number of nitrogens with two attached hydrogens (primary N) is 1. The van der Waals surface area contributed by atoms with E-state index in [-0.39, 0.29) is 32.6 Å². The van der Waals surface area contributed by atoms with Crippen LogP contribution >= 0.6 is 7.82 Å². The van der Waals surface area contributed by atoms with Crippen LogP contribution in [0.5, 0.6) is 0 Å². The molecule has 2 N–H and O–H groups in total. The number of carbonyl (C=O) groups is 2. The van der Waals surface area contributed by atoms with Gasteiger partial charge in [0.2, 0.25) is 0 Å². The number of hydrogen-bond acceptors (Lipinski definition) is 9. The third kappa shape index (κ3) is 36.3. The summed E-state index contributed by atoms with van der Waals surface area (Å²) in [5.41, 5.74) is 5.31. The predicted octanol–water partition coefficient (Wildman–Crippen LogP) is 10.4. The average Bonchev–Trinajstić information content (AvgIpc) is 3.08. The molecular weight excluding hydrogens is 641 g/mol. The minimum absolute atomic E-state index is 0.0150. The minimum atomic E-state index is -4.62. The van der Waals surface area contributed by atoms with Gasteiger partial charge in [-0.05, 0) is 38.5 Å². The third-order valence-electron chi connectivity index (χ3n) is 8.64. The molecule has 0 saturated carbocycles. The summed E-state index contributed by atoms with van der Waals surface area (Å²) in [5.74, 6) is -0.867. The van der Waals surface area contributed by atoms with E-state index in [9.17, 15) is 19.0 Å². The molecule has 0 aliphatic rings. The Labute approximate surface area is 300 Å². The van der Waals surface area contributed by atoms with Gasteiger partial charge in [-0.1, -0.05) is 154 Å². The summed E-state index contributed by atoms with van der Waals surface area (Å²) in [4.78, 5) is 36.8. The first-order chi connectivity index (χ1) is 23.8. The lowest BCUT2D eigenvalue weighted by Crippen LogP contribution is -2.30. The van der Waals surface area contributed by atoms with Crippen LogP contribution in [0.1, 0.15) is 194 Å². The van der Waals surface area contributed by atoms with Gasteiger partial charge in [-0.3, -0.25) is 14.2 Å². The first-order valence-corrected chi connectivity index (χ1v) is 21.6. The van der Waals surface area contributed by atoms with Gasteiger partial charge in [0.15, 0.2) is 6.10 Å². The molecule has 1 unspecified atom stereocenters. The summed E-state index contributed by atoms with van der Waals surface area (Å²) >= 11 is 0. The molecule has 0 aliphatic carbocycles. The molecule has 0 spiro atoms. The Kier molecular flexibility index (Phi) is 35.6. The highest BCUT2D eigenvalue weighted by molar-refractivity contribution is 7.45. The van der Waals surface area contributed by atoms with Crippen LogP contribution in [0.2, 0.25) is 0 Å². The highest BCUT2D eigenvalue weighted by Crippen LogP contribution is 2.38. The zero-order valence-electron chi connectivity index (χ0n) is 31.7. The molecule has 0 fully saturated rings. The van der Waals surface area contributed by atoms with E-state index in [2.05, 4.69) is 30.5 Å². The van der Waals surface area contributed by atoms with Crippen LogP contribution < -0.4 is 10.6 Å². The Balaban J connectivity index is 4.18. The van der Waals surface area contributed by atoms with E-state index < -0.39 is 32.5 Å². The van der Waals surface area contributed by atoms with E-state index in [0.717, 1.165) is 57.8 Å². The smallest absolute Gasteiger partial charge is 0.306 e. The molecule has 2 atom stereocenters. The zero-order chi connectivity index (χ0) is 36.1. The quantitative estimate of drug-likeness (QED) is 0.0286. The summed E-state index contributed by atoms with van der Waals surface area (Å²) in [7, 11) is -4.62. The van der Waals surface area contributed by atoms with E-state index in [1.807, 2.05) is 0 Å². The van der Waals surface area contributed by atoms with Gasteiger partial charge in [-0.15, -0.1) is 0 Å². The number of esters is 2. The summed E-state index contributed by atoms with van der Waals surface area (Å²) < 4.78 is 32.3. The van der Waals surface area contributed by atoms with E-state index in [1.165, 1.54) is 103 Å². The van der Waals surface area contributed by atoms with Crippen molar-refractivity contribution in [2.75, 3.05) is 26.4 Å². The largest absolute Gasteiger partial charge is 0.756 e. The fourth-order valence-corrected chi connectivity index (χ4v) is 6.37. The van der Waals surface area contributed by atoms with Crippen LogP contribution in [0.25, 0.3) is 0 Å². The van der Waals surface area contributed by atoms with Crippen molar-refractivity contribution < 1.29 is 37.6 Å². The van der Waals surface area contributed by atoms with Crippen LogP contribution in [0.3, 0.4) is 0 Å². The molecule has 0 aromatic carbocycles. The van der Waals surface area contributed by atoms with Crippen molar-refractivity contribution in [3.05, 3.63) is 12.2 Å². The van der Waals surface area contributed by atoms with Crippen molar-refractivity contribution in [2.24, 2.45) is 5.73 Å². The highest BCUT2D eigenvalue weighted by Gasteiger charge is 2.21. The second kappa shape index (κ2) is 36.5. The molecule has 290 valence electrons. The van der Waals surface area contributed by atoms with Gasteiger partial charge in [-0.25, -0.2) is 0 Å². The first kappa shape index (κ1) is 47.8. The van der Waals surface area contributed by atoms with Crippen LogP contribution in [0.15, 0.2) is 12.2 Å². The second-order valence-electron chi connectivity index (χ2n) is 13.5. The van der Waals surface area contributed by atoms with Gasteiger partial charge in [0.05, 0.1) is 13.2 Å². The second-order valence-corrected chi connectivity index (χ2v) is 14.9. The van der Waals surface area contributed by atoms with E-state index in [0.29, 0.717) is 6.42 Å². The number of hydrogen-bond donors (Lipinski definition) is 1. The SMILES string of the molecule is CCCCCCCC/C=C\CCCCCCCC(=O)OC[C@H](COP(=O)([O-])OCCN)OC(=O)CCCCCCCCCCCCCCC. The Morgan fingerprint density at radius 1 is 0.592 bits per heavy atom. The van der Waals surface area contributed by atoms with Crippen LogP contribution in [-0.4, -0.2) is 44.4 Å². The van der Waals surface area contributed by atoms with Crippen molar-refractivity contribution in [1.82, 2.24) is 0 Å². The molecule has 0 aromatic heterocycles. The maximum Gasteiger partial charge on any atom is 0.306 e. The number of allylic oxidation sites excluding steroid dienone is 2. The van der Waals surface area contributed by atoms with Crippen LogP contribution in [0, 0.1) is 0 Å². The first-order valence-electron chi connectivity index (χ1n) is 20.1. The Morgan fingerprint density at radius 3 is 1.45 bits per heavy atom. The van der Waals surface area contributed by atoms with Gasteiger partial charge < -0.3 is 29.1 Å². The van der Waals surface area contributed by atoms with Crippen molar-refractivity contribution in [3.63, 3.8) is 0 Å². The average molecular weight is 717 g/mol. The number of unbranched alkanes of at least 4 members (excludes halogenated alkanes) is 23. The molecule has 0 heterocycles. The molecule has 0 amide bonds. The highest BCUT2D eigenvalue weighted by atomic mass is 31.2. The van der Waals surface area contributed by atoms with Gasteiger partial charge in [0, 0.05) is 19.4 Å². The third-order valence-corrected chi connectivity index (χ3v) is 9.61. The fraction of sp³-hybridized carbons (Fsp3) is 0.897. The lowest BCUT2D eigenvalue weighted by molar-refractivity contribution is -0.228. The molecule has 0 aromatic rings. The molecular formula is C39H75NO8P-. The van der Waals surface area contributed by atoms with Crippen LogP contribution in [0.4, 0.5) is 0 Å². The Bertz CT molecular complexity index is 825. The normalized spacial score (nSPS) is 13.5. The van der Waals surface area contributed by atoms with E-state index in [1.54, 1.807) is 0 Å². The molecule has 9 nitrogen and oxygen atoms in total. The van der Waals surface area contributed by atoms with Crippen molar-refractivity contribution >= 4 is 19.8 Å². The lowest BCUT2D eigenvalue weighted by atomic mass is 10.0. The standard InChI is InChI=1S/C39H76NO8P/c1-3-5-7-9-11-13-15-17-18-20-21-23-25-27-29-31-38(41)45-35-37(36-47-49(43,44)46-34-33-40)48-39(42)32-30-28-26-24-22-19-16-14-12-10-8-6-4-2/h17-18,37H,3-16,19-36,40H2,1-2H3,(H,43,44)/p-1/b18-17-/t37-/m1/s1. The number of phosphoric ester groups is 1. The fourth-order valence-electron chi connectivity index (χ4n) is 5.62. The van der Waals surface area contributed by atoms with Crippen molar-refractivity contribution in [3.8, 4) is 0 Å². The van der Waals surface area contributed by atoms with Gasteiger partial charge in [-0.2, -0.15) is 0 Å². The molecule has 0 saturated heterocycles. The maximum atomic E-state index is 12.5. The van der Waals surface area contributed by atoms with Crippen molar-refractivity contribution in [1.29, 1.82) is 0 Å². The van der Waals surface area contributed by atoms with E-state index in [4.69, 9.17) is 19.7 Å². The minimum Gasteiger partial charge on any atom is -0.756 e. The van der Waals surface area contributed by atoms with Crippen molar-refractivity contribution in [2.45, 2.75) is 200 Å². The summed E-state index contributed by atoms with van der Waals surface area (Å²) in [6.45, 7) is 3.53. The lowest BCUT2D eigenvalue weighted by Gasteiger charge is -2.25. The number of rotatable bonds is 38. The number of phosphoric acid groups is 1. The molecule has 0 bridgehead atoms. The Hall–Kier alpha value is -1.25. The van der Waals surface area contributed by atoms with Gasteiger partial charge in [0.25, 0.3) is 7.82 Å². The monoisotopic (exact) mass is 717 g/mol. The Morgan fingerprint density at radius 2 is 1.00 bits per heavy atom. The zero-order valence-corrected chi connectivity index (χ0v) is 32.5. The van der Waals surface area contributed by atoms with E-state index >= 15 is 0 Å². The summed E-state index contributed by atoms with van der Waals surface area (Å²) in [6, 6.07) is 0. The number of carbonyl (C=O) groups excluding carboxylic acids is 2. The molecule has 0 rings (SSSR count). The molecule has 0 radical (unpaired) electrons. The predicted molar refractivity (Wildman–Crippen MR) is 199 cm³/mol. The molecule has 49 heavy (non-hydrogen) atoms. The molecule has 10 heteroatoms. The summed E-state index contributed by atoms with van der Waals surface area (Å²) in [6.07, 6.45) is 35.0.